The van der Waals surface area contributed by atoms with Crippen molar-refractivity contribution in [2.45, 2.75) is 26.2 Å². The Hall–Kier alpha value is -1.77. The number of aryl methyl sites for hydroxylation is 1. The van der Waals surface area contributed by atoms with Gasteiger partial charge in [-0.25, -0.2) is 0 Å². The Morgan fingerprint density at radius 1 is 1.17 bits per heavy atom. The first-order chi connectivity index (χ1) is 8.41. The van der Waals surface area contributed by atoms with Gasteiger partial charge in [-0.1, -0.05) is 32.9 Å². The second-order valence-corrected chi connectivity index (χ2v) is 5.57. The summed E-state index contributed by atoms with van der Waals surface area (Å²) in [4.78, 5) is 0. The quantitative estimate of drug-likeness (QED) is 0.809. The zero-order valence-corrected chi connectivity index (χ0v) is 11.7. The molecule has 0 N–H and O–H groups in total. The van der Waals surface area contributed by atoms with Crippen molar-refractivity contribution < 1.29 is 4.74 Å². The molecule has 96 valence electrons. The van der Waals surface area contributed by atoms with Crippen LogP contribution < -0.4 is 4.74 Å². The third kappa shape index (κ3) is 2.40. The fraction of sp³-hybridized carbons (Fsp3) is 0.400. The molecule has 3 nitrogen and oxygen atoms in total. The Labute approximate surface area is 108 Å². The van der Waals surface area contributed by atoms with Gasteiger partial charge < -0.3 is 4.74 Å². The maximum Gasteiger partial charge on any atom is 0.123 e. The molecule has 0 radical (unpaired) electrons. The highest BCUT2D eigenvalue weighted by molar-refractivity contribution is 5.65. The molecule has 0 spiro atoms. The van der Waals surface area contributed by atoms with Crippen LogP contribution in [0.25, 0.3) is 11.1 Å². The van der Waals surface area contributed by atoms with Gasteiger partial charge >= 0.3 is 0 Å². The fourth-order valence-corrected chi connectivity index (χ4v) is 2.06. The molecule has 0 aliphatic carbocycles. The molecule has 0 bridgehead atoms. The Morgan fingerprint density at radius 3 is 2.39 bits per heavy atom. The highest BCUT2D eigenvalue weighted by Crippen LogP contribution is 2.34. The van der Waals surface area contributed by atoms with Crippen LogP contribution in [-0.4, -0.2) is 16.9 Å². The summed E-state index contributed by atoms with van der Waals surface area (Å²) in [6.45, 7) is 6.57. The standard InChI is InChI=1S/C15H20N2O/c1-15(2,3)13-7-6-11(8-14(13)18-5)12-9-16-17(4)10-12/h6-10H,1-5H3. The largest absolute Gasteiger partial charge is 0.496 e. The Balaban J connectivity index is 2.48. The smallest absolute Gasteiger partial charge is 0.123 e. The van der Waals surface area contributed by atoms with Crippen molar-refractivity contribution >= 4 is 0 Å². The first-order valence-corrected chi connectivity index (χ1v) is 6.09. The number of rotatable bonds is 2. The predicted octanol–water partition coefficient (Wildman–Crippen LogP) is 3.39. The van der Waals surface area contributed by atoms with Gasteiger partial charge in [0.05, 0.1) is 13.3 Å². The molecule has 18 heavy (non-hydrogen) atoms. The third-order valence-electron chi connectivity index (χ3n) is 3.05. The van der Waals surface area contributed by atoms with E-state index < -0.39 is 0 Å². The molecule has 2 aromatic rings. The van der Waals surface area contributed by atoms with Crippen molar-refractivity contribution in [3.8, 4) is 16.9 Å². The second kappa shape index (κ2) is 4.48. The second-order valence-electron chi connectivity index (χ2n) is 5.57. The SMILES string of the molecule is COc1cc(-c2cnn(C)c2)ccc1C(C)(C)C. The maximum absolute atomic E-state index is 5.51. The Kier molecular flexibility index (Phi) is 3.16. The summed E-state index contributed by atoms with van der Waals surface area (Å²) >= 11 is 0. The van der Waals surface area contributed by atoms with Gasteiger partial charge in [-0.2, -0.15) is 5.10 Å². The van der Waals surface area contributed by atoms with Crippen LogP contribution in [0.5, 0.6) is 5.75 Å². The number of methoxy groups -OCH3 is 1. The van der Waals surface area contributed by atoms with E-state index in [4.69, 9.17) is 4.74 Å². The van der Waals surface area contributed by atoms with E-state index in [1.165, 1.54) is 5.56 Å². The molecule has 0 atom stereocenters. The number of nitrogens with zero attached hydrogens (tertiary/aromatic N) is 2. The molecule has 0 amide bonds. The van der Waals surface area contributed by atoms with E-state index in [2.05, 4.69) is 44.1 Å². The van der Waals surface area contributed by atoms with Crippen molar-refractivity contribution in [2.24, 2.45) is 7.05 Å². The molecule has 0 unspecified atom stereocenters. The Bertz CT molecular complexity index is 550. The maximum atomic E-state index is 5.51. The molecular weight excluding hydrogens is 224 g/mol. The summed E-state index contributed by atoms with van der Waals surface area (Å²) in [5, 5.41) is 4.20. The van der Waals surface area contributed by atoms with Gasteiger partial charge in [0.25, 0.3) is 0 Å². The Morgan fingerprint density at radius 2 is 1.89 bits per heavy atom. The molecular formula is C15H20N2O. The molecule has 0 fully saturated rings. The molecule has 2 rings (SSSR count). The third-order valence-corrected chi connectivity index (χ3v) is 3.05. The van der Waals surface area contributed by atoms with E-state index >= 15 is 0 Å². The minimum atomic E-state index is 0.0822. The van der Waals surface area contributed by atoms with Crippen molar-refractivity contribution in [3.05, 3.63) is 36.2 Å². The van der Waals surface area contributed by atoms with Crippen LogP contribution in [-0.2, 0) is 12.5 Å². The highest BCUT2D eigenvalue weighted by atomic mass is 16.5. The zero-order valence-electron chi connectivity index (χ0n) is 11.7. The van der Waals surface area contributed by atoms with Crippen molar-refractivity contribution in [2.75, 3.05) is 7.11 Å². The topological polar surface area (TPSA) is 27.1 Å². The summed E-state index contributed by atoms with van der Waals surface area (Å²) in [5.74, 6) is 0.934. The van der Waals surface area contributed by atoms with Crippen molar-refractivity contribution in [1.29, 1.82) is 0 Å². The van der Waals surface area contributed by atoms with E-state index in [0.717, 1.165) is 16.9 Å². The molecule has 0 aliphatic heterocycles. The molecule has 1 heterocycles. The highest BCUT2D eigenvalue weighted by Gasteiger charge is 2.19. The van der Waals surface area contributed by atoms with Gasteiger partial charge in [-0.3, -0.25) is 4.68 Å². The lowest BCUT2D eigenvalue weighted by atomic mass is 9.85. The normalized spacial score (nSPS) is 11.6. The average Bonchev–Trinajstić information content (AvgIpc) is 2.74. The van der Waals surface area contributed by atoms with Gasteiger partial charge in [0.1, 0.15) is 5.75 Å². The zero-order chi connectivity index (χ0) is 13.3. The van der Waals surface area contributed by atoms with Gasteiger partial charge in [0, 0.05) is 18.8 Å². The molecule has 0 saturated heterocycles. The lowest BCUT2D eigenvalue weighted by molar-refractivity contribution is 0.398. The number of benzene rings is 1. The summed E-state index contributed by atoms with van der Waals surface area (Å²) in [6, 6.07) is 6.35. The monoisotopic (exact) mass is 244 g/mol. The van der Waals surface area contributed by atoms with Crippen LogP contribution in [0.3, 0.4) is 0 Å². The first-order valence-electron chi connectivity index (χ1n) is 6.09. The molecule has 0 aliphatic rings. The number of hydrogen-bond donors (Lipinski definition) is 0. The van der Waals surface area contributed by atoms with Gasteiger partial charge in [-0.15, -0.1) is 0 Å². The summed E-state index contributed by atoms with van der Waals surface area (Å²) < 4.78 is 7.32. The molecule has 3 heteroatoms. The average molecular weight is 244 g/mol. The van der Waals surface area contributed by atoms with E-state index in [1.807, 2.05) is 19.4 Å². The first kappa shape index (κ1) is 12.7. The van der Waals surface area contributed by atoms with Crippen molar-refractivity contribution in [1.82, 2.24) is 9.78 Å². The van der Waals surface area contributed by atoms with Crippen LogP contribution >= 0.6 is 0 Å². The van der Waals surface area contributed by atoms with Gasteiger partial charge in [0.15, 0.2) is 0 Å². The molecule has 1 aromatic carbocycles. The summed E-state index contributed by atoms with van der Waals surface area (Å²) in [7, 11) is 3.64. The van der Waals surface area contributed by atoms with E-state index in [1.54, 1.807) is 11.8 Å². The molecule has 0 saturated carbocycles. The predicted molar refractivity (Wildman–Crippen MR) is 73.9 cm³/mol. The lowest BCUT2D eigenvalue weighted by Crippen LogP contribution is -2.12. The van der Waals surface area contributed by atoms with Crippen LogP contribution in [0.4, 0.5) is 0 Å². The van der Waals surface area contributed by atoms with Crippen LogP contribution in [0, 0.1) is 0 Å². The number of ether oxygens (including phenoxy) is 1. The minimum Gasteiger partial charge on any atom is -0.496 e. The van der Waals surface area contributed by atoms with Crippen LogP contribution in [0.2, 0.25) is 0 Å². The molecule has 1 aromatic heterocycles. The van der Waals surface area contributed by atoms with E-state index in [0.29, 0.717) is 0 Å². The number of hydrogen-bond acceptors (Lipinski definition) is 2. The summed E-state index contributed by atoms with van der Waals surface area (Å²) in [6.07, 6.45) is 3.87. The summed E-state index contributed by atoms with van der Waals surface area (Å²) in [5.41, 5.74) is 3.54. The fourth-order valence-electron chi connectivity index (χ4n) is 2.06. The van der Waals surface area contributed by atoms with Crippen molar-refractivity contribution in [3.63, 3.8) is 0 Å². The van der Waals surface area contributed by atoms with Crippen LogP contribution in [0.15, 0.2) is 30.6 Å². The lowest BCUT2D eigenvalue weighted by Gasteiger charge is -2.22. The minimum absolute atomic E-state index is 0.0822. The number of aromatic nitrogens is 2. The van der Waals surface area contributed by atoms with Gasteiger partial charge in [-0.05, 0) is 22.6 Å². The van der Waals surface area contributed by atoms with Crippen LogP contribution in [0.1, 0.15) is 26.3 Å². The van der Waals surface area contributed by atoms with Gasteiger partial charge in [0.2, 0.25) is 0 Å². The van der Waals surface area contributed by atoms with E-state index in [-0.39, 0.29) is 5.41 Å². The van der Waals surface area contributed by atoms with E-state index in [9.17, 15) is 0 Å².